The summed E-state index contributed by atoms with van der Waals surface area (Å²) < 4.78 is 5.61. The Morgan fingerprint density at radius 1 is 1.07 bits per heavy atom. The highest BCUT2D eigenvalue weighted by molar-refractivity contribution is 6.43. The van der Waals surface area contributed by atoms with E-state index in [1.807, 2.05) is 32.9 Å². The molecule has 1 fully saturated rings. The third kappa shape index (κ3) is 5.34. The number of benzene rings is 2. The number of fused-ring (bicyclic) bond motifs is 1. The van der Waals surface area contributed by atoms with E-state index < -0.39 is 11.7 Å². The number of carbonyl (C=O) groups excluding carboxylic acids is 2. The van der Waals surface area contributed by atoms with Gasteiger partial charge in [-0.3, -0.25) is 4.79 Å². The lowest BCUT2D eigenvalue weighted by Crippen LogP contribution is -2.48. The number of nitrogens with one attached hydrogen (secondary N) is 1. The number of alkyl carbamates (subject to hydrolysis) is 1. The van der Waals surface area contributed by atoms with Crippen LogP contribution in [0.3, 0.4) is 0 Å². The highest BCUT2D eigenvalue weighted by atomic mass is 35.5. The first-order valence-electron chi connectivity index (χ1n) is 13.3. The van der Waals surface area contributed by atoms with E-state index in [1.165, 1.54) is 12.5 Å². The van der Waals surface area contributed by atoms with Gasteiger partial charge < -0.3 is 20.7 Å². The Labute approximate surface area is 244 Å². The first-order valence-corrected chi connectivity index (χ1v) is 14.1. The van der Waals surface area contributed by atoms with E-state index in [-0.39, 0.29) is 28.8 Å². The molecule has 1 saturated heterocycles. The van der Waals surface area contributed by atoms with Gasteiger partial charge in [0, 0.05) is 31.0 Å². The van der Waals surface area contributed by atoms with Gasteiger partial charge >= 0.3 is 6.09 Å². The number of hydrogen-bond acceptors (Lipinski definition) is 7. The second kappa shape index (κ2) is 10.6. The van der Waals surface area contributed by atoms with Crippen LogP contribution in [0.2, 0.25) is 10.0 Å². The van der Waals surface area contributed by atoms with Crippen LogP contribution in [0.1, 0.15) is 68.2 Å². The van der Waals surface area contributed by atoms with Gasteiger partial charge in [0.25, 0.3) is 0 Å². The SMILES string of the molecule is CC(=O)c1nc(-c2cccc(Cl)c2Cl)c(N)nc1N1CCC2(CC1)Cc1ccccc1[C@H]2NC(=O)OC(C)(C)C. The molecule has 210 valence electrons. The fourth-order valence-electron chi connectivity index (χ4n) is 5.85. The monoisotopic (exact) mass is 581 g/mol. The van der Waals surface area contributed by atoms with Gasteiger partial charge in [0.15, 0.2) is 17.4 Å². The van der Waals surface area contributed by atoms with Gasteiger partial charge in [0.2, 0.25) is 0 Å². The van der Waals surface area contributed by atoms with E-state index in [9.17, 15) is 9.59 Å². The number of piperidine rings is 1. The summed E-state index contributed by atoms with van der Waals surface area (Å²) in [4.78, 5) is 37.0. The molecular formula is C30H33Cl2N5O3. The van der Waals surface area contributed by atoms with Crippen LogP contribution >= 0.6 is 23.2 Å². The maximum Gasteiger partial charge on any atom is 0.408 e. The number of amides is 1. The number of halogens is 2. The molecule has 3 aromatic rings. The van der Waals surface area contributed by atoms with Gasteiger partial charge in [-0.25, -0.2) is 14.8 Å². The van der Waals surface area contributed by atoms with Crippen molar-refractivity contribution in [1.29, 1.82) is 0 Å². The predicted molar refractivity (Wildman–Crippen MR) is 158 cm³/mol. The average molecular weight is 583 g/mol. The van der Waals surface area contributed by atoms with Crippen molar-refractivity contribution >= 4 is 46.7 Å². The van der Waals surface area contributed by atoms with Crippen molar-refractivity contribution in [3.63, 3.8) is 0 Å². The van der Waals surface area contributed by atoms with E-state index in [0.29, 0.717) is 40.2 Å². The fraction of sp³-hybridized carbons (Fsp3) is 0.400. The van der Waals surface area contributed by atoms with Crippen molar-refractivity contribution < 1.29 is 14.3 Å². The van der Waals surface area contributed by atoms with Gasteiger partial charge in [-0.2, -0.15) is 0 Å². The number of nitrogens with two attached hydrogens (primary N) is 1. The van der Waals surface area contributed by atoms with E-state index in [1.54, 1.807) is 18.2 Å². The normalized spacial score (nSPS) is 17.9. The average Bonchev–Trinajstić information content (AvgIpc) is 3.17. The summed E-state index contributed by atoms with van der Waals surface area (Å²) in [6, 6.07) is 13.2. The molecule has 8 nitrogen and oxygen atoms in total. The van der Waals surface area contributed by atoms with E-state index in [2.05, 4.69) is 32.3 Å². The largest absolute Gasteiger partial charge is 0.444 e. The topological polar surface area (TPSA) is 110 Å². The Morgan fingerprint density at radius 2 is 1.77 bits per heavy atom. The highest BCUT2D eigenvalue weighted by Gasteiger charge is 2.49. The molecule has 0 bridgehead atoms. The van der Waals surface area contributed by atoms with Gasteiger partial charge in [-0.15, -0.1) is 0 Å². The number of ether oxygens (including phenoxy) is 1. The first-order chi connectivity index (χ1) is 18.9. The van der Waals surface area contributed by atoms with Crippen LogP contribution in [-0.4, -0.2) is 40.5 Å². The maximum absolute atomic E-state index is 12.9. The summed E-state index contributed by atoms with van der Waals surface area (Å²) in [5.74, 6) is 0.399. The van der Waals surface area contributed by atoms with Crippen molar-refractivity contribution in [2.45, 2.75) is 58.6 Å². The number of hydrogen-bond donors (Lipinski definition) is 2. The lowest BCUT2D eigenvalue weighted by molar-refractivity contribution is 0.0427. The predicted octanol–water partition coefficient (Wildman–Crippen LogP) is 6.64. The third-order valence-electron chi connectivity index (χ3n) is 7.69. The van der Waals surface area contributed by atoms with Gasteiger partial charge in [-0.05, 0) is 57.2 Å². The molecular weight excluding hydrogens is 549 g/mol. The lowest BCUT2D eigenvalue weighted by Gasteiger charge is -2.44. The zero-order chi connectivity index (χ0) is 28.8. The smallest absolute Gasteiger partial charge is 0.408 e. The van der Waals surface area contributed by atoms with Crippen molar-refractivity contribution in [3.8, 4) is 11.3 Å². The van der Waals surface area contributed by atoms with Gasteiger partial charge in [0.1, 0.15) is 17.0 Å². The molecule has 3 N–H and O–H groups in total. The summed E-state index contributed by atoms with van der Waals surface area (Å²) in [5.41, 5.74) is 9.01. The molecule has 0 saturated carbocycles. The van der Waals surface area contributed by atoms with Crippen molar-refractivity contribution in [2.75, 3.05) is 23.7 Å². The van der Waals surface area contributed by atoms with Crippen molar-refractivity contribution in [2.24, 2.45) is 5.41 Å². The number of carbonyl (C=O) groups is 2. The van der Waals surface area contributed by atoms with Crippen LogP contribution in [0.15, 0.2) is 42.5 Å². The van der Waals surface area contributed by atoms with Crippen LogP contribution in [0.25, 0.3) is 11.3 Å². The quantitative estimate of drug-likeness (QED) is 0.332. The third-order valence-corrected chi connectivity index (χ3v) is 8.50. The Balaban J connectivity index is 1.43. The second-order valence-corrected chi connectivity index (χ2v) is 12.4. The Morgan fingerprint density at radius 3 is 2.45 bits per heavy atom. The minimum Gasteiger partial charge on any atom is -0.444 e. The zero-order valence-electron chi connectivity index (χ0n) is 23.1. The Bertz CT molecular complexity index is 1480. The minimum atomic E-state index is -0.595. The minimum absolute atomic E-state index is 0.169. The molecule has 5 rings (SSSR count). The van der Waals surface area contributed by atoms with Crippen LogP contribution in [-0.2, 0) is 11.2 Å². The van der Waals surface area contributed by atoms with Crippen molar-refractivity contribution in [1.82, 2.24) is 15.3 Å². The lowest BCUT2D eigenvalue weighted by atomic mass is 9.72. The standard InChI is InChI=1S/C30H33Cl2N5O3/c1-17(38)23-27(36-26(33)24(34-23)20-10-7-11-21(31)22(20)32)37-14-12-30(13-15-37)16-18-8-5-6-9-19(18)25(30)35-28(39)40-29(2,3)4/h5-11,25H,12-16H2,1-4H3,(H2,33,36)(H,35,39)/t25-/m1/s1. The van der Waals surface area contributed by atoms with E-state index in [4.69, 9.17) is 33.7 Å². The van der Waals surface area contributed by atoms with E-state index >= 15 is 0 Å². The maximum atomic E-state index is 12.9. The second-order valence-electron chi connectivity index (χ2n) is 11.6. The summed E-state index contributed by atoms with van der Waals surface area (Å²) >= 11 is 12.6. The molecule has 1 aromatic heterocycles. The molecule has 2 heterocycles. The van der Waals surface area contributed by atoms with Crippen LogP contribution in [0.5, 0.6) is 0 Å². The molecule has 2 aromatic carbocycles. The number of anilines is 2. The molecule has 1 amide bonds. The number of Topliss-reactive ketones (excluding diaryl/α,β-unsaturated/α-hetero) is 1. The number of nitrogen functional groups attached to an aromatic ring is 1. The first kappa shape index (κ1) is 28.2. The summed E-state index contributed by atoms with van der Waals surface area (Å²) in [6.45, 7) is 8.27. The molecule has 2 aliphatic rings. The van der Waals surface area contributed by atoms with E-state index in [0.717, 1.165) is 24.8 Å². The summed E-state index contributed by atoms with van der Waals surface area (Å²) in [6.07, 6.45) is 1.95. The number of ketones is 1. The number of aromatic nitrogens is 2. The molecule has 0 radical (unpaired) electrons. The zero-order valence-corrected chi connectivity index (χ0v) is 24.6. The molecule has 0 unspecified atom stereocenters. The number of nitrogens with zero attached hydrogens (tertiary/aromatic N) is 3. The van der Waals surface area contributed by atoms with Crippen LogP contribution in [0, 0.1) is 5.41 Å². The molecule has 1 atom stereocenters. The summed E-state index contributed by atoms with van der Waals surface area (Å²) in [5, 5.41) is 3.84. The molecule has 1 aliphatic carbocycles. The highest BCUT2D eigenvalue weighted by Crippen LogP contribution is 2.52. The molecule has 1 spiro atoms. The van der Waals surface area contributed by atoms with Crippen LogP contribution < -0.4 is 16.0 Å². The Kier molecular flexibility index (Phi) is 7.44. The number of rotatable bonds is 4. The molecule has 40 heavy (non-hydrogen) atoms. The van der Waals surface area contributed by atoms with Gasteiger partial charge in [-0.1, -0.05) is 59.6 Å². The van der Waals surface area contributed by atoms with Crippen molar-refractivity contribution in [3.05, 3.63) is 69.3 Å². The Hall–Kier alpha value is -3.36. The molecule has 1 aliphatic heterocycles. The summed E-state index contributed by atoms with van der Waals surface area (Å²) in [7, 11) is 0. The molecule has 10 heteroatoms. The van der Waals surface area contributed by atoms with Crippen LogP contribution in [0.4, 0.5) is 16.4 Å². The fourth-order valence-corrected chi connectivity index (χ4v) is 6.24. The van der Waals surface area contributed by atoms with Gasteiger partial charge in [0.05, 0.1) is 16.1 Å².